The van der Waals surface area contributed by atoms with Crippen LogP contribution in [0.25, 0.3) is 0 Å². The fourth-order valence-corrected chi connectivity index (χ4v) is 1.35. The van der Waals surface area contributed by atoms with Crippen molar-refractivity contribution in [2.24, 2.45) is 0 Å². The van der Waals surface area contributed by atoms with Crippen LogP contribution in [-0.2, 0) is 0 Å². The van der Waals surface area contributed by atoms with Crippen LogP contribution >= 0.6 is 0 Å². The molecule has 0 amide bonds. The molecule has 2 aromatic carbocycles. The molecule has 0 aliphatic rings. The van der Waals surface area contributed by atoms with E-state index in [-0.39, 0.29) is 11.5 Å². The predicted molar refractivity (Wildman–Crippen MR) is 63.9 cm³/mol. The van der Waals surface area contributed by atoms with Gasteiger partial charge in [0.1, 0.15) is 11.5 Å². The van der Waals surface area contributed by atoms with Crippen LogP contribution in [0.2, 0.25) is 0 Å². The van der Waals surface area contributed by atoms with Crippen LogP contribution in [0.3, 0.4) is 0 Å². The summed E-state index contributed by atoms with van der Waals surface area (Å²) in [5.41, 5.74) is 7.59. The van der Waals surface area contributed by atoms with Gasteiger partial charge in [0.15, 0.2) is 0 Å². The molecule has 0 aliphatic carbocycles. The molecule has 0 heterocycles. The first-order valence-electron chi connectivity index (χ1n) is 4.80. The number of phenolic OH excluding ortho intramolecular Hbond substituents is 2. The quantitative estimate of drug-likeness (QED) is 0.353. The lowest BCUT2D eigenvalue weighted by atomic mass is 10.2. The standard InChI is InChI=1S/C12H12N2O2/c13-8-1-3-9(4-2-8)14-11-6-5-10(15)7-12(11)16/h1-7,14-16H,13H2. The summed E-state index contributed by atoms with van der Waals surface area (Å²) in [6.07, 6.45) is 0. The van der Waals surface area contributed by atoms with Crippen molar-refractivity contribution in [1.82, 2.24) is 0 Å². The fraction of sp³-hybridized carbons (Fsp3) is 0. The van der Waals surface area contributed by atoms with E-state index in [1.165, 1.54) is 12.1 Å². The van der Waals surface area contributed by atoms with Crippen molar-refractivity contribution in [3.63, 3.8) is 0 Å². The van der Waals surface area contributed by atoms with Crippen molar-refractivity contribution in [3.05, 3.63) is 42.5 Å². The number of hydrogen-bond acceptors (Lipinski definition) is 4. The highest BCUT2D eigenvalue weighted by Gasteiger charge is 2.02. The molecule has 16 heavy (non-hydrogen) atoms. The molecule has 0 radical (unpaired) electrons. The second kappa shape index (κ2) is 4.02. The molecule has 0 saturated heterocycles. The Morgan fingerprint density at radius 2 is 1.62 bits per heavy atom. The van der Waals surface area contributed by atoms with Gasteiger partial charge in [-0.2, -0.15) is 0 Å². The molecule has 0 unspecified atom stereocenters. The smallest absolute Gasteiger partial charge is 0.142 e. The predicted octanol–water partition coefficient (Wildman–Crippen LogP) is 2.42. The molecule has 0 spiro atoms. The molecular weight excluding hydrogens is 204 g/mol. The zero-order valence-electron chi connectivity index (χ0n) is 8.51. The van der Waals surface area contributed by atoms with E-state index in [1.54, 1.807) is 18.2 Å². The van der Waals surface area contributed by atoms with Crippen molar-refractivity contribution >= 4 is 17.1 Å². The minimum atomic E-state index is -0.00294. The average Bonchev–Trinajstić information content (AvgIpc) is 2.25. The van der Waals surface area contributed by atoms with E-state index < -0.39 is 0 Å². The van der Waals surface area contributed by atoms with Crippen molar-refractivity contribution in [2.45, 2.75) is 0 Å². The summed E-state index contributed by atoms with van der Waals surface area (Å²) in [7, 11) is 0. The Labute approximate surface area is 93.0 Å². The Balaban J connectivity index is 2.23. The zero-order valence-corrected chi connectivity index (χ0v) is 8.51. The average molecular weight is 216 g/mol. The molecule has 4 nitrogen and oxygen atoms in total. The van der Waals surface area contributed by atoms with E-state index in [4.69, 9.17) is 10.8 Å². The topological polar surface area (TPSA) is 78.5 Å². The van der Waals surface area contributed by atoms with E-state index in [9.17, 15) is 5.11 Å². The highest BCUT2D eigenvalue weighted by atomic mass is 16.3. The van der Waals surface area contributed by atoms with Gasteiger partial charge in [-0.3, -0.25) is 0 Å². The molecule has 2 rings (SSSR count). The third kappa shape index (κ3) is 2.17. The number of hydrogen-bond donors (Lipinski definition) is 4. The van der Waals surface area contributed by atoms with E-state index >= 15 is 0 Å². The molecule has 82 valence electrons. The molecule has 0 atom stereocenters. The minimum Gasteiger partial charge on any atom is -0.508 e. The van der Waals surface area contributed by atoms with Crippen LogP contribution in [0.1, 0.15) is 0 Å². The van der Waals surface area contributed by atoms with E-state index in [0.29, 0.717) is 11.4 Å². The molecule has 4 heteroatoms. The van der Waals surface area contributed by atoms with Crippen LogP contribution in [0.4, 0.5) is 17.1 Å². The first-order chi connectivity index (χ1) is 7.65. The molecular formula is C12H12N2O2. The second-order valence-corrected chi connectivity index (χ2v) is 3.45. The van der Waals surface area contributed by atoms with Crippen LogP contribution < -0.4 is 11.1 Å². The zero-order chi connectivity index (χ0) is 11.5. The van der Waals surface area contributed by atoms with Crippen molar-refractivity contribution in [1.29, 1.82) is 0 Å². The van der Waals surface area contributed by atoms with Crippen LogP contribution in [-0.4, -0.2) is 10.2 Å². The lowest BCUT2D eigenvalue weighted by Crippen LogP contribution is -1.91. The number of nitrogens with two attached hydrogens (primary N) is 1. The third-order valence-corrected chi connectivity index (χ3v) is 2.17. The summed E-state index contributed by atoms with van der Waals surface area (Å²) in [4.78, 5) is 0. The van der Waals surface area contributed by atoms with Gasteiger partial charge in [0.2, 0.25) is 0 Å². The van der Waals surface area contributed by atoms with E-state index in [2.05, 4.69) is 5.32 Å². The van der Waals surface area contributed by atoms with Gasteiger partial charge in [0.05, 0.1) is 5.69 Å². The number of aromatic hydroxyl groups is 2. The second-order valence-electron chi connectivity index (χ2n) is 3.45. The summed E-state index contributed by atoms with van der Waals surface area (Å²) >= 11 is 0. The lowest BCUT2D eigenvalue weighted by molar-refractivity contribution is 0.452. The van der Waals surface area contributed by atoms with Crippen molar-refractivity contribution in [3.8, 4) is 11.5 Å². The maximum Gasteiger partial charge on any atom is 0.142 e. The van der Waals surface area contributed by atoms with Gasteiger partial charge >= 0.3 is 0 Å². The number of nitrogen functional groups attached to an aromatic ring is 1. The van der Waals surface area contributed by atoms with Crippen molar-refractivity contribution in [2.75, 3.05) is 11.1 Å². The van der Waals surface area contributed by atoms with Gasteiger partial charge in [-0.05, 0) is 36.4 Å². The summed E-state index contributed by atoms with van der Waals surface area (Å²) in [6.45, 7) is 0. The molecule has 0 aromatic heterocycles. The van der Waals surface area contributed by atoms with Gasteiger partial charge in [-0.15, -0.1) is 0 Å². The first-order valence-corrected chi connectivity index (χ1v) is 4.80. The molecule has 5 N–H and O–H groups in total. The molecule has 0 saturated carbocycles. The normalized spacial score (nSPS) is 10.0. The number of rotatable bonds is 2. The Morgan fingerprint density at radius 1 is 0.938 bits per heavy atom. The summed E-state index contributed by atoms with van der Waals surface area (Å²) < 4.78 is 0. The Kier molecular flexibility index (Phi) is 2.55. The van der Waals surface area contributed by atoms with Gasteiger partial charge < -0.3 is 21.3 Å². The number of benzene rings is 2. The monoisotopic (exact) mass is 216 g/mol. The van der Waals surface area contributed by atoms with Crippen LogP contribution in [0, 0.1) is 0 Å². The maximum absolute atomic E-state index is 9.56. The SMILES string of the molecule is Nc1ccc(Nc2ccc(O)cc2O)cc1. The molecule has 2 aromatic rings. The number of anilines is 3. The van der Waals surface area contributed by atoms with E-state index in [1.807, 2.05) is 12.1 Å². The number of phenols is 2. The summed E-state index contributed by atoms with van der Waals surface area (Å²) in [6, 6.07) is 11.5. The van der Waals surface area contributed by atoms with Gasteiger partial charge in [0.25, 0.3) is 0 Å². The largest absolute Gasteiger partial charge is 0.508 e. The molecule has 0 fully saturated rings. The van der Waals surface area contributed by atoms with Crippen molar-refractivity contribution < 1.29 is 10.2 Å². The van der Waals surface area contributed by atoms with Crippen LogP contribution in [0.5, 0.6) is 11.5 Å². The van der Waals surface area contributed by atoms with Gasteiger partial charge in [-0.1, -0.05) is 0 Å². The summed E-state index contributed by atoms with van der Waals surface area (Å²) in [5.74, 6) is 0.0252. The third-order valence-electron chi connectivity index (χ3n) is 2.17. The Morgan fingerprint density at radius 3 is 2.25 bits per heavy atom. The minimum absolute atomic E-state index is 0.00294. The fourth-order valence-electron chi connectivity index (χ4n) is 1.35. The highest BCUT2D eigenvalue weighted by Crippen LogP contribution is 2.29. The van der Waals surface area contributed by atoms with E-state index in [0.717, 1.165) is 5.69 Å². The van der Waals surface area contributed by atoms with Gasteiger partial charge in [0, 0.05) is 17.4 Å². The lowest BCUT2D eigenvalue weighted by Gasteiger charge is -2.08. The van der Waals surface area contributed by atoms with Gasteiger partial charge in [-0.25, -0.2) is 0 Å². The maximum atomic E-state index is 9.56. The molecule has 0 aliphatic heterocycles. The number of nitrogens with one attached hydrogen (secondary N) is 1. The Hall–Kier alpha value is -2.36. The first kappa shape index (κ1) is 10.2. The van der Waals surface area contributed by atoms with Crippen LogP contribution in [0.15, 0.2) is 42.5 Å². The molecule has 0 bridgehead atoms. The Bertz CT molecular complexity index is 495. The summed E-state index contributed by atoms with van der Waals surface area (Å²) in [5, 5.41) is 21.7. The highest BCUT2D eigenvalue weighted by molar-refractivity contribution is 5.67.